The van der Waals surface area contributed by atoms with Crippen LogP contribution in [0.4, 0.5) is 28.9 Å². The lowest BCUT2D eigenvalue weighted by atomic mass is 9.96. The first kappa shape index (κ1) is 29.9. The maximum absolute atomic E-state index is 13.9. The first-order chi connectivity index (χ1) is 19.8. The molecule has 222 valence electrons. The van der Waals surface area contributed by atoms with Crippen molar-refractivity contribution >= 4 is 45.5 Å². The Morgan fingerprint density at radius 1 is 1.24 bits per heavy atom. The van der Waals surface area contributed by atoms with Crippen LogP contribution in [-0.2, 0) is 0 Å². The number of nitriles is 1. The molecule has 14 heteroatoms. The van der Waals surface area contributed by atoms with Crippen molar-refractivity contribution in [2.24, 2.45) is 5.41 Å². The van der Waals surface area contributed by atoms with E-state index < -0.39 is 23.7 Å². The molecule has 1 aliphatic carbocycles. The summed E-state index contributed by atoms with van der Waals surface area (Å²) in [6.45, 7) is 6.04. The van der Waals surface area contributed by atoms with Gasteiger partial charge >= 0.3 is 6.18 Å². The van der Waals surface area contributed by atoms with Crippen LogP contribution < -0.4 is 21.6 Å². The molecule has 0 saturated heterocycles. The number of anilines is 2. The second-order valence-electron chi connectivity index (χ2n) is 11.3. The van der Waals surface area contributed by atoms with Gasteiger partial charge in [-0.3, -0.25) is 9.99 Å². The molecule has 42 heavy (non-hydrogen) atoms. The summed E-state index contributed by atoms with van der Waals surface area (Å²) in [6.07, 6.45) is -1.73. The Bertz CT molecular complexity index is 1600. The number of rotatable bonds is 9. The minimum absolute atomic E-state index is 0.0466. The highest BCUT2D eigenvalue weighted by Gasteiger charge is 2.67. The normalized spacial score (nSPS) is 17.0. The zero-order valence-electron chi connectivity index (χ0n) is 22.9. The van der Waals surface area contributed by atoms with Gasteiger partial charge in [-0.05, 0) is 43.4 Å². The second kappa shape index (κ2) is 10.9. The average Bonchev–Trinajstić information content (AvgIpc) is 3.62. The highest BCUT2D eigenvalue weighted by molar-refractivity contribution is 6.35. The van der Waals surface area contributed by atoms with Crippen molar-refractivity contribution in [3.05, 3.63) is 70.2 Å². The predicted molar refractivity (Wildman–Crippen MR) is 154 cm³/mol. The van der Waals surface area contributed by atoms with Crippen LogP contribution in [-0.4, -0.2) is 39.1 Å². The van der Waals surface area contributed by atoms with Gasteiger partial charge in [0.05, 0.1) is 33.5 Å². The van der Waals surface area contributed by atoms with Crippen LogP contribution in [0.25, 0.3) is 10.9 Å². The number of aromatic nitrogens is 2. The first-order valence-corrected chi connectivity index (χ1v) is 14.0. The maximum Gasteiger partial charge on any atom is 0.413 e. The number of hydrogen-bond acceptors (Lipinski definition) is 8. The summed E-state index contributed by atoms with van der Waals surface area (Å²) in [5.41, 5.74) is 6.17. The lowest BCUT2D eigenvalue weighted by Crippen LogP contribution is -2.52. The van der Waals surface area contributed by atoms with Gasteiger partial charge in [-0.2, -0.15) is 22.8 Å². The molecule has 1 fully saturated rings. The van der Waals surface area contributed by atoms with Crippen LogP contribution in [0.3, 0.4) is 0 Å². The Hall–Kier alpha value is -3.53. The monoisotopic (exact) mass is 622 g/mol. The molecular weight excluding hydrogens is 595 g/mol. The van der Waals surface area contributed by atoms with E-state index >= 15 is 0 Å². The molecule has 4 N–H and O–H groups in total. The van der Waals surface area contributed by atoms with E-state index in [9.17, 15) is 22.8 Å². The lowest BCUT2D eigenvalue weighted by molar-refractivity contribution is -0.195. The van der Waals surface area contributed by atoms with Crippen LogP contribution in [0, 0.1) is 29.6 Å². The van der Waals surface area contributed by atoms with Gasteiger partial charge in [0.2, 0.25) is 5.95 Å². The highest BCUT2D eigenvalue weighted by Crippen LogP contribution is 2.53. The number of pyridine rings is 2. The van der Waals surface area contributed by atoms with Crippen molar-refractivity contribution in [1.29, 1.82) is 5.26 Å². The molecule has 3 heterocycles. The van der Waals surface area contributed by atoms with Gasteiger partial charge in [0.25, 0.3) is 0 Å². The molecule has 0 amide bonds. The van der Waals surface area contributed by atoms with Crippen LogP contribution >= 0.6 is 23.2 Å². The first-order valence-electron chi connectivity index (χ1n) is 13.1. The van der Waals surface area contributed by atoms with Crippen LogP contribution in [0.5, 0.6) is 0 Å². The topological polar surface area (TPSA) is 101 Å². The number of hydrogen-bond donors (Lipinski definition) is 4. The van der Waals surface area contributed by atoms with E-state index in [1.54, 1.807) is 19.1 Å². The van der Waals surface area contributed by atoms with Gasteiger partial charge in [0.15, 0.2) is 5.54 Å². The molecule has 2 aliphatic rings. The number of aryl methyl sites for hydroxylation is 1. The second-order valence-corrected chi connectivity index (χ2v) is 11.9. The summed E-state index contributed by atoms with van der Waals surface area (Å²) >= 11 is 12.8. The third kappa shape index (κ3) is 5.61. The number of halogens is 6. The zero-order chi connectivity index (χ0) is 30.4. The third-order valence-corrected chi connectivity index (χ3v) is 8.49. The fourth-order valence-electron chi connectivity index (χ4n) is 4.81. The van der Waals surface area contributed by atoms with Gasteiger partial charge in [-0.25, -0.2) is 4.98 Å². The SMILES string of the molecule is Cc1nc(F)ccc1[C@H](Nc1cc(Cl)c2ncc(C#N)c(NCC(C)(C)CCl)c2c1)C1=CN(C2(C(F)(F)F)CC2)NN1. The van der Waals surface area contributed by atoms with E-state index in [-0.39, 0.29) is 23.3 Å². The molecule has 3 aromatic rings. The minimum Gasteiger partial charge on any atom is -0.383 e. The van der Waals surface area contributed by atoms with Gasteiger partial charge < -0.3 is 16.1 Å². The standard InChI is InChI=1S/C28H28Cl2F4N8/c1-15-18(4-5-22(31)38-15)25(21-12-42(41-40-21)27(6-7-27)28(32,33)34)39-17-8-19-23(37-14-26(2,3)13-29)16(10-35)11-36-24(19)20(30)9-17/h4-5,8-9,11-12,25,39-41H,6-7,13-14H2,1-3H3,(H,36,37)/t25-/m0/s1. The van der Waals surface area contributed by atoms with Crippen molar-refractivity contribution < 1.29 is 17.6 Å². The molecule has 1 aromatic carbocycles. The van der Waals surface area contributed by atoms with E-state index in [4.69, 9.17) is 23.2 Å². The third-order valence-electron chi connectivity index (χ3n) is 7.48. The highest BCUT2D eigenvalue weighted by atomic mass is 35.5. The van der Waals surface area contributed by atoms with Crippen LogP contribution in [0.1, 0.15) is 49.6 Å². The molecule has 1 saturated carbocycles. The lowest BCUT2D eigenvalue weighted by Gasteiger charge is -2.28. The van der Waals surface area contributed by atoms with Crippen LogP contribution in [0.2, 0.25) is 5.02 Å². The summed E-state index contributed by atoms with van der Waals surface area (Å²) in [5, 5.41) is 18.3. The molecule has 1 aliphatic heterocycles. The van der Waals surface area contributed by atoms with Crippen molar-refractivity contribution in [2.75, 3.05) is 23.1 Å². The molecule has 0 spiro atoms. The van der Waals surface area contributed by atoms with Crippen LogP contribution in [0.15, 0.2) is 42.4 Å². The minimum atomic E-state index is -4.44. The summed E-state index contributed by atoms with van der Waals surface area (Å²) in [7, 11) is 0. The molecule has 1 atom stereocenters. The van der Waals surface area contributed by atoms with Gasteiger partial charge in [-0.1, -0.05) is 31.5 Å². The Morgan fingerprint density at radius 3 is 2.60 bits per heavy atom. The molecule has 0 radical (unpaired) electrons. The van der Waals surface area contributed by atoms with E-state index in [2.05, 4.69) is 37.6 Å². The largest absolute Gasteiger partial charge is 0.413 e. The Balaban J connectivity index is 1.58. The Labute approximate surface area is 250 Å². The fraction of sp³-hybridized carbons (Fsp3) is 0.393. The van der Waals surface area contributed by atoms with Gasteiger partial charge in [0, 0.05) is 47.2 Å². The molecule has 2 aromatic heterocycles. The molecule has 8 nitrogen and oxygen atoms in total. The number of fused-ring (bicyclic) bond motifs is 1. The molecule has 5 rings (SSSR count). The van der Waals surface area contributed by atoms with E-state index in [1.807, 2.05) is 13.8 Å². The Kier molecular flexibility index (Phi) is 7.81. The maximum atomic E-state index is 13.9. The average molecular weight is 623 g/mol. The fourth-order valence-corrected chi connectivity index (χ4v) is 5.18. The molecule has 0 bridgehead atoms. The van der Waals surface area contributed by atoms with Crippen molar-refractivity contribution in [2.45, 2.75) is 51.4 Å². The van der Waals surface area contributed by atoms with E-state index in [0.29, 0.717) is 57.2 Å². The van der Waals surface area contributed by atoms with E-state index in [0.717, 1.165) is 5.01 Å². The number of benzene rings is 1. The summed E-state index contributed by atoms with van der Waals surface area (Å²) in [6, 6.07) is 7.46. The quantitative estimate of drug-likeness (QED) is 0.119. The number of nitrogens with one attached hydrogen (secondary N) is 4. The molecular formula is C28H28Cl2F4N8. The number of hydrazine groups is 2. The summed E-state index contributed by atoms with van der Waals surface area (Å²) in [5.74, 6) is -0.301. The Morgan fingerprint density at radius 2 is 1.98 bits per heavy atom. The van der Waals surface area contributed by atoms with Gasteiger partial charge in [-0.15, -0.1) is 17.1 Å². The number of alkyl halides is 4. The number of nitrogens with zero attached hydrogens (tertiary/aromatic N) is 4. The predicted octanol–water partition coefficient (Wildman–Crippen LogP) is 6.69. The van der Waals surface area contributed by atoms with Crippen molar-refractivity contribution in [3.8, 4) is 6.07 Å². The smallest absolute Gasteiger partial charge is 0.383 e. The van der Waals surface area contributed by atoms with Gasteiger partial charge in [0.1, 0.15) is 6.07 Å². The van der Waals surface area contributed by atoms with Crippen molar-refractivity contribution in [1.82, 2.24) is 25.9 Å². The molecule has 0 unspecified atom stereocenters. The van der Waals surface area contributed by atoms with Crippen molar-refractivity contribution in [3.63, 3.8) is 0 Å². The zero-order valence-corrected chi connectivity index (χ0v) is 24.4. The summed E-state index contributed by atoms with van der Waals surface area (Å²) in [4.78, 5) is 8.29. The van der Waals surface area contributed by atoms with E-state index in [1.165, 1.54) is 24.5 Å². The summed E-state index contributed by atoms with van der Waals surface area (Å²) < 4.78 is 55.5.